The Morgan fingerprint density at radius 3 is 2.30 bits per heavy atom. The molecule has 1 aliphatic heterocycles. The molecule has 12 heteroatoms. The van der Waals surface area contributed by atoms with Gasteiger partial charge >= 0.3 is 0 Å². The Kier molecular flexibility index (Phi) is 8.14. The SMILES string of the molecule is CN(C)c1ccc(P(=O)(Nc2ccc([N+](=O)[O-])cc2)N2CCOCC2)c(NC(=O)c2ccc(Cl)cc2)c1. The number of nitro groups is 1. The quantitative estimate of drug-likeness (QED) is 0.236. The van der Waals surface area contributed by atoms with Crippen molar-refractivity contribution < 1.29 is 19.0 Å². The van der Waals surface area contributed by atoms with Gasteiger partial charge in [0.15, 0.2) is 0 Å². The average molecular weight is 544 g/mol. The fourth-order valence-electron chi connectivity index (χ4n) is 3.91. The molecule has 1 fully saturated rings. The Balaban J connectivity index is 1.78. The smallest absolute Gasteiger partial charge is 0.269 e. The summed E-state index contributed by atoms with van der Waals surface area (Å²) in [5.74, 6) is -0.377. The highest BCUT2D eigenvalue weighted by molar-refractivity contribution is 7.71. The third kappa shape index (κ3) is 6.11. The number of nitrogens with zero attached hydrogens (tertiary/aromatic N) is 3. The van der Waals surface area contributed by atoms with E-state index in [0.717, 1.165) is 5.69 Å². The summed E-state index contributed by atoms with van der Waals surface area (Å²) in [7, 11) is 0.171. The molecule has 0 radical (unpaired) electrons. The van der Waals surface area contributed by atoms with E-state index in [9.17, 15) is 19.5 Å². The summed E-state index contributed by atoms with van der Waals surface area (Å²) in [6, 6.07) is 17.6. The number of ether oxygens (including phenoxy) is 1. The van der Waals surface area contributed by atoms with Crippen LogP contribution in [-0.2, 0) is 9.30 Å². The van der Waals surface area contributed by atoms with Crippen molar-refractivity contribution in [1.82, 2.24) is 4.67 Å². The molecule has 1 amide bonds. The predicted molar refractivity (Wildman–Crippen MR) is 147 cm³/mol. The molecule has 10 nitrogen and oxygen atoms in total. The molecule has 1 unspecified atom stereocenters. The molecule has 1 saturated heterocycles. The average Bonchev–Trinajstić information content (AvgIpc) is 2.89. The monoisotopic (exact) mass is 543 g/mol. The first-order chi connectivity index (χ1) is 17.7. The van der Waals surface area contributed by atoms with Gasteiger partial charge in [0.25, 0.3) is 19.0 Å². The van der Waals surface area contributed by atoms with E-state index >= 15 is 0 Å². The Labute approximate surface area is 219 Å². The van der Waals surface area contributed by atoms with E-state index in [4.69, 9.17) is 16.3 Å². The second-order valence-electron chi connectivity index (χ2n) is 8.61. The Hall–Kier alpha value is -3.43. The van der Waals surface area contributed by atoms with Crippen molar-refractivity contribution in [1.29, 1.82) is 0 Å². The number of nitro benzene ring substituents is 1. The zero-order valence-electron chi connectivity index (χ0n) is 20.4. The normalized spacial score (nSPS) is 15.4. The number of anilines is 3. The van der Waals surface area contributed by atoms with E-state index < -0.39 is 12.4 Å². The van der Waals surface area contributed by atoms with Gasteiger partial charge < -0.3 is 20.0 Å². The maximum absolute atomic E-state index is 14.9. The van der Waals surface area contributed by atoms with Gasteiger partial charge in [-0.1, -0.05) is 11.6 Å². The number of carbonyl (C=O) groups is 1. The number of non-ortho nitro benzene ring substituents is 1. The lowest BCUT2D eigenvalue weighted by atomic mass is 10.2. The summed E-state index contributed by atoms with van der Waals surface area (Å²) in [5.41, 5.74) is 1.97. The van der Waals surface area contributed by atoms with Crippen molar-refractivity contribution in [3.63, 3.8) is 0 Å². The molecule has 1 heterocycles. The van der Waals surface area contributed by atoms with Gasteiger partial charge in [-0.3, -0.25) is 19.5 Å². The predicted octanol–water partition coefficient (Wildman–Crippen LogP) is 4.83. The third-order valence-corrected chi connectivity index (χ3v) is 8.98. The van der Waals surface area contributed by atoms with Gasteiger partial charge in [-0.15, -0.1) is 0 Å². The second-order valence-corrected chi connectivity index (χ2v) is 11.5. The van der Waals surface area contributed by atoms with Crippen molar-refractivity contribution >= 4 is 53.0 Å². The van der Waals surface area contributed by atoms with Gasteiger partial charge in [0.1, 0.15) is 0 Å². The minimum Gasteiger partial charge on any atom is -0.379 e. The van der Waals surface area contributed by atoms with Crippen molar-refractivity contribution in [2.24, 2.45) is 0 Å². The van der Waals surface area contributed by atoms with Gasteiger partial charge in [0.05, 0.1) is 29.1 Å². The first kappa shape index (κ1) is 26.6. The molecule has 0 saturated carbocycles. The number of rotatable bonds is 8. The summed E-state index contributed by atoms with van der Waals surface area (Å²) >= 11 is 5.97. The van der Waals surface area contributed by atoms with Gasteiger partial charge in [-0.05, 0) is 54.6 Å². The highest BCUT2D eigenvalue weighted by Crippen LogP contribution is 2.51. The standard InChI is InChI=1S/C25H27ClN5O5P/c1-29(2)22-11-12-24(23(17-22)27-25(32)18-3-5-19(26)6-4-18)37(35,30-13-15-36-16-14-30)28-20-7-9-21(10-8-20)31(33)34/h3-12,17H,13-16H2,1-2H3,(H,27,32)(H,28,35). The molecule has 0 spiro atoms. The topological polar surface area (TPSA) is 117 Å². The maximum Gasteiger partial charge on any atom is 0.269 e. The lowest BCUT2D eigenvalue weighted by Crippen LogP contribution is -2.39. The molecular weight excluding hydrogens is 517 g/mol. The fourth-order valence-corrected chi connectivity index (χ4v) is 6.56. The van der Waals surface area contributed by atoms with E-state index in [1.54, 1.807) is 41.1 Å². The van der Waals surface area contributed by atoms with Crippen LogP contribution >= 0.6 is 19.0 Å². The number of hydrogen-bond acceptors (Lipinski definition) is 6. The van der Waals surface area contributed by atoms with Gasteiger partial charge in [0.2, 0.25) is 0 Å². The molecule has 37 heavy (non-hydrogen) atoms. The summed E-state index contributed by atoms with van der Waals surface area (Å²) in [6.07, 6.45) is 0. The number of carbonyl (C=O) groups excluding carboxylic acids is 1. The van der Waals surface area contributed by atoms with E-state index in [0.29, 0.717) is 53.6 Å². The van der Waals surface area contributed by atoms with Crippen LogP contribution in [0.3, 0.4) is 0 Å². The molecular formula is C25H27ClN5O5P. The minimum absolute atomic E-state index is 0.0713. The largest absolute Gasteiger partial charge is 0.379 e. The number of halogens is 1. The van der Waals surface area contributed by atoms with Crippen LogP contribution < -0.4 is 20.6 Å². The lowest BCUT2D eigenvalue weighted by Gasteiger charge is -2.36. The summed E-state index contributed by atoms with van der Waals surface area (Å²) in [5, 5.41) is 18.1. The molecule has 2 N–H and O–H groups in total. The van der Waals surface area contributed by atoms with E-state index in [-0.39, 0.29) is 11.6 Å². The van der Waals surface area contributed by atoms with Gasteiger partial charge in [-0.25, -0.2) is 4.67 Å². The Morgan fingerprint density at radius 1 is 1.05 bits per heavy atom. The van der Waals surface area contributed by atoms with Crippen LogP contribution in [0.15, 0.2) is 66.7 Å². The van der Waals surface area contributed by atoms with Gasteiger partial charge in [0, 0.05) is 61.3 Å². The number of hydrogen-bond donors (Lipinski definition) is 2. The van der Waals surface area contributed by atoms with Crippen molar-refractivity contribution in [3.8, 4) is 0 Å². The summed E-state index contributed by atoms with van der Waals surface area (Å²) in [4.78, 5) is 25.6. The molecule has 0 bridgehead atoms. The highest BCUT2D eigenvalue weighted by Gasteiger charge is 2.37. The highest BCUT2D eigenvalue weighted by atomic mass is 35.5. The lowest BCUT2D eigenvalue weighted by molar-refractivity contribution is -0.384. The van der Waals surface area contributed by atoms with Crippen LogP contribution in [0.25, 0.3) is 0 Å². The molecule has 194 valence electrons. The summed E-state index contributed by atoms with van der Waals surface area (Å²) in [6.45, 7) is 1.59. The third-order valence-electron chi connectivity index (χ3n) is 5.92. The molecule has 0 aromatic heterocycles. The van der Waals surface area contributed by atoms with Crippen LogP contribution in [0.1, 0.15) is 10.4 Å². The minimum atomic E-state index is -3.57. The van der Waals surface area contributed by atoms with E-state index in [2.05, 4.69) is 10.4 Å². The van der Waals surface area contributed by atoms with Crippen molar-refractivity contribution in [2.75, 3.05) is 55.7 Å². The fraction of sp³-hybridized carbons (Fsp3) is 0.240. The van der Waals surface area contributed by atoms with Crippen LogP contribution in [0.4, 0.5) is 22.7 Å². The van der Waals surface area contributed by atoms with Crippen LogP contribution in [0.2, 0.25) is 5.02 Å². The summed E-state index contributed by atoms with van der Waals surface area (Å²) < 4.78 is 22.2. The van der Waals surface area contributed by atoms with Crippen LogP contribution in [-0.4, -0.2) is 55.9 Å². The maximum atomic E-state index is 14.9. The molecule has 1 aliphatic rings. The zero-order chi connectivity index (χ0) is 26.6. The first-order valence-corrected chi connectivity index (χ1v) is 13.6. The molecule has 3 aromatic rings. The van der Waals surface area contributed by atoms with Crippen LogP contribution in [0.5, 0.6) is 0 Å². The zero-order valence-corrected chi connectivity index (χ0v) is 22.0. The van der Waals surface area contributed by atoms with Crippen LogP contribution in [0, 0.1) is 10.1 Å². The second kappa shape index (κ2) is 11.3. The Bertz CT molecular complexity index is 1330. The molecule has 1 atom stereocenters. The number of amides is 1. The van der Waals surface area contributed by atoms with Crippen molar-refractivity contribution in [2.45, 2.75) is 0 Å². The number of nitrogens with one attached hydrogen (secondary N) is 2. The molecule has 0 aliphatic carbocycles. The first-order valence-electron chi connectivity index (χ1n) is 11.5. The van der Waals surface area contributed by atoms with E-state index in [1.165, 1.54) is 24.3 Å². The van der Waals surface area contributed by atoms with Crippen molar-refractivity contribution in [3.05, 3.63) is 87.4 Å². The van der Waals surface area contributed by atoms with E-state index in [1.807, 2.05) is 25.1 Å². The number of benzene rings is 3. The Morgan fingerprint density at radius 2 is 1.70 bits per heavy atom. The molecule has 3 aromatic carbocycles. The number of morpholine rings is 1. The van der Waals surface area contributed by atoms with Gasteiger partial charge in [-0.2, -0.15) is 0 Å². The molecule has 4 rings (SSSR count).